The van der Waals surface area contributed by atoms with E-state index in [0.717, 1.165) is 18.7 Å². The lowest BCUT2D eigenvalue weighted by atomic mass is 10.1. The molecule has 1 aliphatic heterocycles. The van der Waals surface area contributed by atoms with E-state index in [-0.39, 0.29) is 5.91 Å². The SMILES string of the molecule is N#CCCN(C[C@H]1CCOC1)C(=O)c1cccc(-n2ccnn2)c1. The van der Waals surface area contributed by atoms with Crippen molar-refractivity contribution in [2.75, 3.05) is 26.3 Å². The minimum Gasteiger partial charge on any atom is -0.381 e. The van der Waals surface area contributed by atoms with Crippen molar-refractivity contribution < 1.29 is 9.53 Å². The Labute approximate surface area is 140 Å². The van der Waals surface area contributed by atoms with Gasteiger partial charge in [0, 0.05) is 31.2 Å². The molecule has 7 heteroatoms. The molecule has 1 aromatic heterocycles. The monoisotopic (exact) mass is 325 g/mol. The van der Waals surface area contributed by atoms with Gasteiger partial charge in [-0.3, -0.25) is 4.79 Å². The second-order valence-corrected chi connectivity index (χ2v) is 5.79. The van der Waals surface area contributed by atoms with Crippen LogP contribution >= 0.6 is 0 Å². The molecule has 3 rings (SSSR count). The molecule has 24 heavy (non-hydrogen) atoms. The predicted octanol–water partition coefficient (Wildman–Crippen LogP) is 1.66. The summed E-state index contributed by atoms with van der Waals surface area (Å²) < 4.78 is 7.01. The van der Waals surface area contributed by atoms with Crippen LogP contribution < -0.4 is 0 Å². The summed E-state index contributed by atoms with van der Waals surface area (Å²) in [7, 11) is 0. The van der Waals surface area contributed by atoms with Crippen LogP contribution in [0.25, 0.3) is 5.69 Å². The van der Waals surface area contributed by atoms with Crippen molar-refractivity contribution in [3.63, 3.8) is 0 Å². The molecule has 124 valence electrons. The van der Waals surface area contributed by atoms with Crippen molar-refractivity contribution in [2.24, 2.45) is 5.92 Å². The maximum absolute atomic E-state index is 12.9. The number of nitrogens with zero attached hydrogens (tertiary/aromatic N) is 5. The maximum atomic E-state index is 12.9. The molecule has 2 heterocycles. The van der Waals surface area contributed by atoms with E-state index in [0.29, 0.717) is 37.6 Å². The van der Waals surface area contributed by atoms with E-state index in [2.05, 4.69) is 16.4 Å². The fraction of sp³-hybridized carbons (Fsp3) is 0.412. The van der Waals surface area contributed by atoms with E-state index in [4.69, 9.17) is 10.00 Å². The summed E-state index contributed by atoms with van der Waals surface area (Å²) in [6.45, 7) is 2.47. The molecule has 0 bridgehead atoms. The van der Waals surface area contributed by atoms with Crippen LogP contribution in [0.1, 0.15) is 23.2 Å². The first-order valence-corrected chi connectivity index (χ1v) is 7.98. The number of aromatic nitrogens is 3. The molecule has 0 spiro atoms. The minimum absolute atomic E-state index is 0.0703. The largest absolute Gasteiger partial charge is 0.381 e. The number of carbonyl (C=O) groups excluding carboxylic acids is 1. The molecule has 2 aromatic rings. The lowest BCUT2D eigenvalue weighted by Gasteiger charge is -2.24. The summed E-state index contributed by atoms with van der Waals surface area (Å²) in [5.41, 5.74) is 1.36. The van der Waals surface area contributed by atoms with Crippen molar-refractivity contribution in [3.8, 4) is 11.8 Å². The van der Waals surface area contributed by atoms with E-state index in [9.17, 15) is 4.79 Å². The first-order chi connectivity index (χ1) is 11.8. The Morgan fingerprint density at radius 2 is 2.42 bits per heavy atom. The maximum Gasteiger partial charge on any atom is 0.253 e. The Kier molecular flexibility index (Phi) is 5.18. The van der Waals surface area contributed by atoms with Gasteiger partial charge in [-0.15, -0.1) is 5.10 Å². The number of amides is 1. The van der Waals surface area contributed by atoms with Crippen LogP contribution in [0.15, 0.2) is 36.7 Å². The zero-order valence-electron chi connectivity index (χ0n) is 13.3. The van der Waals surface area contributed by atoms with Crippen molar-refractivity contribution in [1.29, 1.82) is 5.26 Å². The summed E-state index contributed by atoms with van der Waals surface area (Å²) in [5, 5.41) is 16.6. The van der Waals surface area contributed by atoms with Crippen LogP contribution in [0.4, 0.5) is 0 Å². The third-order valence-corrected chi connectivity index (χ3v) is 4.06. The zero-order chi connectivity index (χ0) is 16.8. The fourth-order valence-corrected chi connectivity index (χ4v) is 2.81. The summed E-state index contributed by atoms with van der Waals surface area (Å²) in [6, 6.07) is 9.39. The third-order valence-electron chi connectivity index (χ3n) is 4.06. The molecule has 1 atom stereocenters. The molecule has 0 unspecified atom stereocenters. The Balaban J connectivity index is 1.78. The van der Waals surface area contributed by atoms with Gasteiger partial charge in [-0.2, -0.15) is 5.26 Å². The highest BCUT2D eigenvalue weighted by atomic mass is 16.5. The van der Waals surface area contributed by atoms with Gasteiger partial charge in [-0.25, -0.2) is 4.68 Å². The van der Waals surface area contributed by atoms with Crippen LogP contribution in [0.3, 0.4) is 0 Å². The number of nitriles is 1. The smallest absolute Gasteiger partial charge is 0.253 e. The Hall–Kier alpha value is -2.72. The van der Waals surface area contributed by atoms with E-state index in [1.807, 2.05) is 12.1 Å². The number of hydrogen-bond acceptors (Lipinski definition) is 5. The van der Waals surface area contributed by atoms with E-state index < -0.39 is 0 Å². The average Bonchev–Trinajstić information content (AvgIpc) is 3.31. The number of benzene rings is 1. The van der Waals surface area contributed by atoms with Crippen molar-refractivity contribution in [3.05, 3.63) is 42.2 Å². The highest BCUT2D eigenvalue weighted by Crippen LogP contribution is 2.17. The van der Waals surface area contributed by atoms with E-state index in [1.165, 1.54) is 0 Å². The topological polar surface area (TPSA) is 84.0 Å². The van der Waals surface area contributed by atoms with Gasteiger partial charge in [0.05, 0.1) is 37.2 Å². The highest BCUT2D eigenvalue weighted by molar-refractivity contribution is 5.94. The molecule has 1 aromatic carbocycles. The van der Waals surface area contributed by atoms with Gasteiger partial charge in [0.2, 0.25) is 0 Å². The lowest BCUT2D eigenvalue weighted by molar-refractivity contribution is 0.0724. The van der Waals surface area contributed by atoms with Crippen molar-refractivity contribution in [2.45, 2.75) is 12.8 Å². The van der Waals surface area contributed by atoms with Crippen LogP contribution in [0, 0.1) is 17.2 Å². The third kappa shape index (κ3) is 3.78. The molecule has 0 radical (unpaired) electrons. The molecule has 1 amide bonds. The molecule has 7 nitrogen and oxygen atoms in total. The molecule has 0 N–H and O–H groups in total. The minimum atomic E-state index is -0.0703. The van der Waals surface area contributed by atoms with Crippen molar-refractivity contribution in [1.82, 2.24) is 19.9 Å². The summed E-state index contributed by atoms with van der Waals surface area (Å²) in [4.78, 5) is 14.6. The van der Waals surface area contributed by atoms with Crippen LogP contribution in [0.2, 0.25) is 0 Å². The Morgan fingerprint density at radius 3 is 3.12 bits per heavy atom. The van der Waals surface area contributed by atoms with Gasteiger partial charge >= 0.3 is 0 Å². The normalized spacial score (nSPS) is 16.7. The fourth-order valence-electron chi connectivity index (χ4n) is 2.81. The highest BCUT2D eigenvalue weighted by Gasteiger charge is 2.23. The first-order valence-electron chi connectivity index (χ1n) is 7.98. The number of hydrogen-bond donors (Lipinski definition) is 0. The first kappa shape index (κ1) is 16.1. The predicted molar refractivity (Wildman–Crippen MR) is 86.4 cm³/mol. The van der Waals surface area contributed by atoms with Crippen LogP contribution in [-0.4, -0.2) is 52.1 Å². The number of ether oxygens (including phenoxy) is 1. The second kappa shape index (κ2) is 7.70. The molecule has 0 aliphatic carbocycles. The molecule has 1 fully saturated rings. The molecule has 1 saturated heterocycles. The molecular formula is C17H19N5O2. The number of carbonyl (C=O) groups is 1. The second-order valence-electron chi connectivity index (χ2n) is 5.79. The van der Waals surface area contributed by atoms with Gasteiger partial charge in [0.15, 0.2) is 0 Å². The summed E-state index contributed by atoms with van der Waals surface area (Å²) >= 11 is 0. The molecule has 1 aliphatic rings. The Morgan fingerprint density at radius 1 is 1.50 bits per heavy atom. The quantitative estimate of drug-likeness (QED) is 0.806. The summed E-state index contributed by atoms with van der Waals surface area (Å²) in [6.07, 6.45) is 4.60. The van der Waals surface area contributed by atoms with Gasteiger partial charge < -0.3 is 9.64 Å². The molecule has 0 saturated carbocycles. The standard InChI is InChI=1S/C17H19N5O2/c18-6-2-8-21(12-14-5-10-24-13-14)17(23)15-3-1-4-16(11-15)22-9-7-19-20-22/h1,3-4,7,9,11,14H,2,5,8,10,12-13H2/t14-/m1/s1. The van der Waals surface area contributed by atoms with Gasteiger partial charge in [-0.1, -0.05) is 11.3 Å². The van der Waals surface area contributed by atoms with E-state index in [1.54, 1.807) is 34.1 Å². The summed E-state index contributed by atoms with van der Waals surface area (Å²) in [5.74, 6) is 0.269. The van der Waals surface area contributed by atoms with Gasteiger partial charge in [0.1, 0.15) is 0 Å². The lowest BCUT2D eigenvalue weighted by Crippen LogP contribution is -2.36. The molecular weight excluding hydrogens is 306 g/mol. The van der Waals surface area contributed by atoms with Gasteiger partial charge in [0.25, 0.3) is 5.91 Å². The van der Waals surface area contributed by atoms with Crippen LogP contribution in [0.5, 0.6) is 0 Å². The van der Waals surface area contributed by atoms with E-state index >= 15 is 0 Å². The average molecular weight is 325 g/mol. The Bertz CT molecular complexity index is 717. The number of rotatable bonds is 6. The van der Waals surface area contributed by atoms with Gasteiger partial charge in [-0.05, 0) is 24.6 Å². The van der Waals surface area contributed by atoms with Crippen LogP contribution in [-0.2, 0) is 4.74 Å². The zero-order valence-corrected chi connectivity index (χ0v) is 13.3. The van der Waals surface area contributed by atoms with Crippen molar-refractivity contribution >= 4 is 5.91 Å².